The Bertz CT molecular complexity index is 1420. The molecule has 0 saturated carbocycles. The lowest BCUT2D eigenvalue weighted by Crippen LogP contribution is -2.23. The molecule has 5 nitrogen and oxygen atoms in total. The van der Waals surface area contributed by atoms with Crippen molar-refractivity contribution >= 4 is 50.7 Å². The van der Waals surface area contributed by atoms with Crippen LogP contribution in [0.5, 0.6) is 0 Å². The minimum absolute atomic E-state index is 0.0506. The highest BCUT2D eigenvalue weighted by Crippen LogP contribution is 2.27. The summed E-state index contributed by atoms with van der Waals surface area (Å²) in [5.74, 6) is 1.34. The van der Waals surface area contributed by atoms with Crippen LogP contribution in [0.15, 0.2) is 69.9 Å². The van der Waals surface area contributed by atoms with Gasteiger partial charge in [-0.25, -0.2) is 0 Å². The molecule has 5 rings (SSSR count). The highest BCUT2D eigenvalue weighted by molar-refractivity contribution is 7.98. The van der Waals surface area contributed by atoms with E-state index < -0.39 is 0 Å². The molecule has 0 bridgehead atoms. The van der Waals surface area contributed by atoms with Crippen molar-refractivity contribution in [3.05, 3.63) is 92.0 Å². The van der Waals surface area contributed by atoms with Crippen LogP contribution in [0.2, 0.25) is 5.02 Å². The number of benzene rings is 2. The molecule has 3 aromatic heterocycles. The first-order valence-electron chi connectivity index (χ1n) is 9.39. The first-order valence-corrected chi connectivity index (χ1v) is 11.6. The Morgan fingerprint density at radius 2 is 1.87 bits per heavy atom. The molecule has 5 aromatic rings. The zero-order valence-corrected chi connectivity index (χ0v) is 18.5. The average Bonchev–Trinajstić information content (AvgIpc) is 3.39. The molecule has 0 amide bonds. The van der Waals surface area contributed by atoms with Gasteiger partial charge in [-0.05, 0) is 47.2 Å². The summed E-state index contributed by atoms with van der Waals surface area (Å²) in [6.07, 6.45) is 0. The fraction of sp³-hybridized carbons (Fsp3) is 0.136. The molecule has 30 heavy (non-hydrogen) atoms. The van der Waals surface area contributed by atoms with Gasteiger partial charge in [0.25, 0.3) is 5.56 Å². The molecule has 0 radical (unpaired) electrons. The van der Waals surface area contributed by atoms with E-state index in [4.69, 9.17) is 11.6 Å². The van der Waals surface area contributed by atoms with Gasteiger partial charge in [0.2, 0.25) is 5.78 Å². The van der Waals surface area contributed by atoms with Gasteiger partial charge in [0.1, 0.15) is 4.70 Å². The maximum atomic E-state index is 13.2. The van der Waals surface area contributed by atoms with E-state index in [1.165, 1.54) is 22.5 Å². The summed E-state index contributed by atoms with van der Waals surface area (Å²) in [4.78, 5) is 13.2. The van der Waals surface area contributed by atoms with E-state index in [1.807, 2.05) is 52.2 Å². The standard InChI is InChI=1S/C22H17ClN4OS2/c1-14-4-2-3-5-16(14)13-30-22-25-24-21-26(12-15-6-8-17(23)9-7-15)20(28)19-18(27(21)22)10-11-29-19/h2-11H,12-13H2,1H3. The normalized spacial score (nSPS) is 11.5. The third-order valence-corrected chi connectivity index (χ3v) is 7.18. The molecule has 0 N–H and O–H groups in total. The molecule has 0 aliphatic heterocycles. The Balaban J connectivity index is 1.61. The SMILES string of the molecule is Cc1ccccc1CSc1nnc2n(Cc3ccc(Cl)cc3)c(=O)c3sccc3n12. The molecule has 0 saturated heterocycles. The van der Waals surface area contributed by atoms with Crippen molar-refractivity contribution in [1.82, 2.24) is 19.2 Å². The second-order valence-electron chi connectivity index (χ2n) is 6.99. The molecule has 0 spiro atoms. The summed E-state index contributed by atoms with van der Waals surface area (Å²) in [7, 11) is 0. The largest absolute Gasteiger partial charge is 0.273 e. The number of fused-ring (bicyclic) bond motifs is 3. The van der Waals surface area contributed by atoms with Crippen LogP contribution in [-0.4, -0.2) is 19.2 Å². The van der Waals surface area contributed by atoms with Crippen molar-refractivity contribution < 1.29 is 0 Å². The second kappa shape index (κ2) is 7.91. The van der Waals surface area contributed by atoms with E-state index in [9.17, 15) is 4.79 Å². The highest BCUT2D eigenvalue weighted by atomic mass is 35.5. The molecule has 0 aliphatic carbocycles. The van der Waals surface area contributed by atoms with Gasteiger partial charge < -0.3 is 0 Å². The van der Waals surface area contributed by atoms with Crippen molar-refractivity contribution in [2.45, 2.75) is 24.4 Å². The van der Waals surface area contributed by atoms with Crippen LogP contribution < -0.4 is 5.56 Å². The third-order valence-electron chi connectivity index (χ3n) is 5.05. The molecule has 2 aromatic carbocycles. The molecule has 0 fully saturated rings. The Hall–Kier alpha value is -2.61. The van der Waals surface area contributed by atoms with Crippen molar-refractivity contribution in [3.8, 4) is 0 Å². The van der Waals surface area contributed by atoms with Crippen molar-refractivity contribution in [1.29, 1.82) is 0 Å². The summed E-state index contributed by atoms with van der Waals surface area (Å²) in [6, 6.07) is 17.8. The van der Waals surface area contributed by atoms with E-state index in [0.717, 1.165) is 22.0 Å². The van der Waals surface area contributed by atoms with E-state index in [-0.39, 0.29) is 5.56 Å². The number of aromatic nitrogens is 4. The van der Waals surface area contributed by atoms with Crippen molar-refractivity contribution in [3.63, 3.8) is 0 Å². The van der Waals surface area contributed by atoms with Crippen molar-refractivity contribution in [2.24, 2.45) is 0 Å². The highest BCUT2D eigenvalue weighted by Gasteiger charge is 2.18. The Kier molecular flexibility index (Phi) is 5.10. The first-order chi connectivity index (χ1) is 14.6. The first kappa shape index (κ1) is 19.4. The van der Waals surface area contributed by atoms with Gasteiger partial charge in [0.15, 0.2) is 5.16 Å². The molecule has 8 heteroatoms. The lowest BCUT2D eigenvalue weighted by molar-refractivity contribution is 0.765. The number of thioether (sulfide) groups is 1. The topological polar surface area (TPSA) is 52.2 Å². The van der Waals surface area contributed by atoms with Crippen LogP contribution in [0.4, 0.5) is 0 Å². The van der Waals surface area contributed by atoms with Gasteiger partial charge in [-0.2, -0.15) is 0 Å². The number of halogens is 1. The molecule has 3 heterocycles. The summed E-state index contributed by atoms with van der Waals surface area (Å²) >= 11 is 9.08. The number of hydrogen-bond donors (Lipinski definition) is 0. The van der Waals surface area contributed by atoms with E-state index in [0.29, 0.717) is 22.0 Å². The summed E-state index contributed by atoms with van der Waals surface area (Å²) in [5.41, 5.74) is 4.29. The van der Waals surface area contributed by atoms with Crippen LogP contribution in [0.1, 0.15) is 16.7 Å². The summed E-state index contributed by atoms with van der Waals surface area (Å²) < 4.78 is 4.38. The van der Waals surface area contributed by atoms with E-state index in [2.05, 4.69) is 29.3 Å². The van der Waals surface area contributed by atoms with Crippen LogP contribution in [0, 0.1) is 6.92 Å². The van der Waals surface area contributed by atoms with Crippen LogP contribution in [0.25, 0.3) is 16.0 Å². The summed E-state index contributed by atoms with van der Waals surface area (Å²) in [6.45, 7) is 2.52. The lowest BCUT2D eigenvalue weighted by Gasteiger charge is -2.10. The van der Waals surface area contributed by atoms with Crippen molar-refractivity contribution in [2.75, 3.05) is 0 Å². The predicted octanol–water partition coefficient (Wildman–Crippen LogP) is 5.41. The van der Waals surface area contributed by atoms with Gasteiger partial charge in [-0.1, -0.05) is 59.8 Å². The number of nitrogens with zero attached hydrogens (tertiary/aromatic N) is 4. The van der Waals surface area contributed by atoms with Gasteiger partial charge in [0, 0.05) is 10.8 Å². The van der Waals surface area contributed by atoms with E-state index in [1.54, 1.807) is 16.3 Å². The van der Waals surface area contributed by atoms with Crippen LogP contribution >= 0.6 is 34.7 Å². The van der Waals surface area contributed by atoms with Gasteiger partial charge >= 0.3 is 0 Å². The maximum absolute atomic E-state index is 13.2. The zero-order chi connectivity index (χ0) is 20.7. The molecule has 0 aliphatic rings. The Morgan fingerprint density at radius 3 is 2.67 bits per heavy atom. The number of hydrogen-bond acceptors (Lipinski definition) is 5. The quantitative estimate of drug-likeness (QED) is 0.335. The van der Waals surface area contributed by atoms with Gasteiger partial charge in [-0.15, -0.1) is 21.5 Å². The lowest BCUT2D eigenvalue weighted by atomic mass is 10.1. The number of aryl methyl sites for hydroxylation is 1. The Labute approximate surface area is 186 Å². The molecular formula is C22H17ClN4OS2. The zero-order valence-electron chi connectivity index (χ0n) is 16.1. The monoisotopic (exact) mass is 452 g/mol. The van der Waals surface area contributed by atoms with Crippen LogP contribution in [-0.2, 0) is 12.3 Å². The van der Waals surface area contributed by atoms with Gasteiger partial charge in [-0.3, -0.25) is 13.8 Å². The van der Waals surface area contributed by atoms with E-state index >= 15 is 0 Å². The minimum Gasteiger partial charge on any atom is -0.271 e. The number of rotatable bonds is 5. The second-order valence-corrected chi connectivity index (χ2v) is 9.28. The smallest absolute Gasteiger partial charge is 0.271 e. The third kappa shape index (κ3) is 3.43. The molecule has 0 unspecified atom stereocenters. The minimum atomic E-state index is -0.0506. The molecule has 0 atom stereocenters. The average molecular weight is 453 g/mol. The fourth-order valence-electron chi connectivity index (χ4n) is 3.42. The predicted molar refractivity (Wildman–Crippen MR) is 124 cm³/mol. The number of thiophene rings is 1. The maximum Gasteiger partial charge on any atom is 0.273 e. The summed E-state index contributed by atoms with van der Waals surface area (Å²) in [5, 5.41) is 12.2. The van der Waals surface area contributed by atoms with Gasteiger partial charge in [0.05, 0.1) is 12.1 Å². The Morgan fingerprint density at radius 1 is 1.07 bits per heavy atom. The molecule has 150 valence electrons. The fourth-order valence-corrected chi connectivity index (χ4v) is 5.39. The van der Waals surface area contributed by atoms with Crippen LogP contribution in [0.3, 0.4) is 0 Å². The molecular weight excluding hydrogens is 436 g/mol.